The summed E-state index contributed by atoms with van der Waals surface area (Å²) in [5.74, 6) is -1.12. The molecule has 80 valence electrons. The highest BCUT2D eigenvalue weighted by molar-refractivity contribution is 4.58. The van der Waals surface area contributed by atoms with Gasteiger partial charge >= 0.3 is 12.3 Å². The number of alkyl halides is 5. The molecule has 0 saturated heterocycles. The van der Waals surface area contributed by atoms with Gasteiger partial charge in [0, 0.05) is 5.92 Å². The topological polar surface area (TPSA) is 9.23 Å². The highest BCUT2D eigenvalue weighted by atomic mass is 19.4. The maximum atomic E-state index is 12.5. The Balaban J connectivity index is 3.77. The van der Waals surface area contributed by atoms with Crippen LogP contribution in [0.1, 0.15) is 20.3 Å². The molecular formula is C7H11F5O. The van der Waals surface area contributed by atoms with Gasteiger partial charge in [-0.15, -0.1) is 0 Å². The quantitative estimate of drug-likeness (QED) is 0.642. The van der Waals surface area contributed by atoms with Crippen molar-refractivity contribution in [3.8, 4) is 0 Å². The third kappa shape index (κ3) is 5.79. The maximum absolute atomic E-state index is 12.5. The molecule has 0 spiro atoms. The Morgan fingerprint density at radius 2 is 1.54 bits per heavy atom. The number of rotatable bonds is 4. The first kappa shape index (κ1) is 12.6. The Kier molecular flexibility index (Phi) is 4.09. The van der Waals surface area contributed by atoms with Crippen LogP contribution in [0.25, 0.3) is 0 Å². The van der Waals surface area contributed by atoms with E-state index >= 15 is 0 Å². The molecule has 13 heavy (non-hydrogen) atoms. The normalized spacial score (nSPS) is 13.8. The van der Waals surface area contributed by atoms with Gasteiger partial charge in [0.2, 0.25) is 0 Å². The summed E-state index contributed by atoms with van der Waals surface area (Å²) < 4.78 is 63.4. The van der Waals surface area contributed by atoms with Crippen LogP contribution in [0.4, 0.5) is 22.0 Å². The van der Waals surface area contributed by atoms with Gasteiger partial charge in [-0.25, -0.2) is 0 Å². The fourth-order valence-corrected chi connectivity index (χ4v) is 0.470. The van der Waals surface area contributed by atoms with Crippen molar-refractivity contribution in [3.63, 3.8) is 0 Å². The first-order valence-corrected chi connectivity index (χ1v) is 3.73. The molecule has 0 atom stereocenters. The molecule has 0 fully saturated rings. The van der Waals surface area contributed by atoms with Crippen LogP contribution in [-0.4, -0.2) is 18.9 Å². The molecule has 0 radical (unpaired) electrons. The zero-order valence-corrected chi connectivity index (χ0v) is 7.29. The summed E-state index contributed by atoms with van der Waals surface area (Å²) in [6.45, 7) is 1.34. The van der Waals surface area contributed by atoms with Crippen molar-refractivity contribution >= 4 is 0 Å². The monoisotopic (exact) mass is 206 g/mol. The Bertz CT molecular complexity index is 151. The van der Waals surface area contributed by atoms with E-state index in [0.29, 0.717) is 0 Å². The average Bonchev–Trinajstić information content (AvgIpc) is 1.82. The molecule has 1 nitrogen and oxygen atoms in total. The SMILES string of the molecule is CC(C)C(F)(F)OCCC(F)(F)F. The first-order chi connectivity index (χ1) is 5.65. The smallest absolute Gasteiger partial charge is 0.320 e. The van der Waals surface area contributed by atoms with E-state index in [9.17, 15) is 22.0 Å². The number of hydrogen-bond donors (Lipinski definition) is 0. The predicted octanol–water partition coefficient (Wildman–Crippen LogP) is 3.20. The fourth-order valence-electron chi connectivity index (χ4n) is 0.470. The summed E-state index contributed by atoms with van der Waals surface area (Å²) in [6, 6.07) is 0. The molecule has 6 heteroatoms. The molecule has 0 aliphatic heterocycles. The van der Waals surface area contributed by atoms with Gasteiger partial charge in [0.1, 0.15) is 0 Å². The molecule has 0 aliphatic carbocycles. The van der Waals surface area contributed by atoms with Gasteiger partial charge in [-0.2, -0.15) is 22.0 Å². The first-order valence-electron chi connectivity index (χ1n) is 3.73. The van der Waals surface area contributed by atoms with Gasteiger partial charge < -0.3 is 4.74 Å². The van der Waals surface area contributed by atoms with Crippen molar-refractivity contribution < 1.29 is 26.7 Å². The van der Waals surface area contributed by atoms with Gasteiger partial charge in [0.25, 0.3) is 0 Å². The van der Waals surface area contributed by atoms with Crippen molar-refractivity contribution in [2.24, 2.45) is 5.92 Å². The molecule has 0 bridgehead atoms. The van der Waals surface area contributed by atoms with E-state index in [2.05, 4.69) is 4.74 Å². The summed E-state index contributed by atoms with van der Waals surface area (Å²) in [5, 5.41) is 0. The van der Waals surface area contributed by atoms with Gasteiger partial charge in [-0.1, -0.05) is 13.8 Å². The van der Waals surface area contributed by atoms with Crippen LogP contribution in [0.3, 0.4) is 0 Å². The van der Waals surface area contributed by atoms with E-state index < -0.39 is 31.2 Å². The summed E-state index contributed by atoms with van der Waals surface area (Å²) in [7, 11) is 0. The maximum Gasteiger partial charge on any atom is 0.391 e. The third-order valence-corrected chi connectivity index (χ3v) is 1.35. The lowest BCUT2D eigenvalue weighted by atomic mass is 10.2. The van der Waals surface area contributed by atoms with Gasteiger partial charge in [-0.3, -0.25) is 0 Å². The minimum atomic E-state index is -4.45. The van der Waals surface area contributed by atoms with Crippen LogP contribution in [0.15, 0.2) is 0 Å². The molecule has 0 aromatic carbocycles. The van der Waals surface area contributed by atoms with E-state index in [1.54, 1.807) is 0 Å². The van der Waals surface area contributed by atoms with Crippen molar-refractivity contribution in [1.29, 1.82) is 0 Å². The molecular weight excluding hydrogens is 195 g/mol. The molecule has 0 saturated carbocycles. The molecule has 0 aromatic heterocycles. The summed E-state index contributed by atoms with van der Waals surface area (Å²) in [6.07, 6.45) is -9.28. The van der Waals surface area contributed by atoms with Gasteiger partial charge in [0.15, 0.2) is 0 Å². The lowest BCUT2D eigenvalue weighted by Crippen LogP contribution is -2.29. The van der Waals surface area contributed by atoms with Crippen LogP contribution in [0, 0.1) is 5.92 Å². The Hall–Kier alpha value is -0.390. The Morgan fingerprint density at radius 1 is 1.08 bits per heavy atom. The van der Waals surface area contributed by atoms with Crippen LogP contribution in [0.2, 0.25) is 0 Å². The molecule has 0 N–H and O–H groups in total. The molecule has 0 aliphatic rings. The Labute approximate surface area is 72.9 Å². The fraction of sp³-hybridized carbons (Fsp3) is 1.00. The van der Waals surface area contributed by atoms with Crippen LogP contribution < -0.4 is 0 Å². The van der Waals surface area contributed by atoms with Crippen molar-refractivity contribution in [3.05, 3.63) is 0 Å². The largest absolute Gasteiger partial charge is 0.391 e. The predicted molar refractivity (Wildman–Crippen MR) is 36.4 cm³/mol. The lowest BCUT2D eigenvalue weighted by Gasteiger charge is -2.20. The van der Waals surface area contributed by atoms with Crippen molar-refractivity contribution in [2.45, 2.75) is 32.6 Å². The second-order valence-corrected chi connectivity index (χ2v) is 2.93. The highest BCUT2D eigenvalue weighted by Gasteiger charge is 2.36. The molecule has 0 amide bonds. The number of hydrogen-bond acceptors (Lipinski definition) is 1. The lowest BCUT2D eigenvalue weighted by molar-refractivity contribution is -0.274. The van der Waals surface area contributed by atoms with E-state index in [-0.39, 0.29) is 0 Å². The minimum absolute atomic E-state index is 1.01. The Morgan fingerprint density at radius 3 is 1.85 bits per heavy atom. The number of halogens is 5. The summed E-state index contributed by atoms with van der Waals surface area (Å²) in [5.41, 5.74) is 0. The standard InChI is InChI=1S/C7H11F5O/c1-5(2)7(11,12)13-4-3-6(8,9)10/h5H,3-4H2,1-2H3. The zero-order chi connectivity index (χ0) is 10.7. The van der Waals surface area contributed by atoms with Crippen molar-refractivity contribution in [2.75, 3.05) is 6.61 Å². The molecule has 0 unspecified atom stereocenters. The van der Waals surface area contributed by atoms with Crippen LogP contribution in [0.5, 0.6) is 0 Å². The highest BCUT2D eigenvalue weighted by Crippen LogP contribution is 2.27. The molecule has 0 aromatic rings. The van der Waals surface area contributed by atoms with E-state index in [0.717, 1.165) is 0 Å². The van der Waals surface area contributed by atoms with Crippen LogP contribution >= 0.6 is 0 Å². The molecule has 0 rings (SSSR count). The third-order valence-electron chi connectivity index (χ3n) is 1.35. The zero-order valence-electron chi connectivity index (χ0n) is 7.29. The average molecular weight is 206 g/mol. The second-order valence-electron chi connectivity index (χ2n) is 2.93. The van der Waals surface area contributed by atoms with Gasteiger partial charge in [0.05, 0.1) is 13.0 Å². The number of ether oxygens (including phenoxy) is 1. The second kappa shape index (κ2) is 4.21. The van der Waals surface area contributed by atoms with Crippen molar-refractivity contribution in [1.82, 2.24) is 0 Å². The van der Waals surface area contributed by atoms with Gasteiger partial charge in [-0.05, 0) is 0 Å². The minimum Gasteiger partial charge on any atom is -0.320 e. The van der Waals surface area contributed by atoms with E-state index in [1.165, 1.54) is 13.8 Å². The summed E-state index contributed by atoms with van der Waals surface area (Å²) >= 11 is 0. The van der Waals surface area contributed by atoms with E-state index in [4.69, 9.17) is 0 Å². The summed E-state index contributed by atoms with van der Waals surface area (Å²) in [4.78, 5) is 0. The van der Waals surface area contributed by atoms with E-state index in [1.807, 2.05) is 0 Å². The van der Waals surface area contributed by atoms with Crippen LogP contribution in [-0.2, 0) is 4.74 Å². The molecule has 0 heterocycles.